The SMILES string of the molecule is CN=C(NCc1ccc(OC)cc1)NCc1cc(OC)ccc1O.I. The number of phenolic OH excluding ortho intramolecular Hbond substituents is 1. The third-order valence-electron chi connectivity index (χ3n) is 3.58. The second kappa shape index (κ2) is 10.7. The van der Waals surface area contributed by atoms with Gasteiger partial charge in [-0.15, -0.1) is 24.0 Å². The topological polar surface area (TPSA) is 75.1 Å². The molecule has 0 saturated heterocycles. The Bertz CT molecular complexity index is 690. The molecule has 0 radical (unpaired) electrons. The van der Waals surface area contributed by atoms with Gasteiger partial charge >= 0.3 is 0 Å². The number of hydrogen-bond acceptors (Lipinski definition) is 4. The van der Waals surface area contributed by atoms with Gasteiger partial charge in [0, 0.05) is 25.7 Å². The van der Waals surface area contributed by atoms with Gasteiger partial charge in [0.1, 0.15) is 17.2 Å². The van der Waals surface area contributed by atoms with E-state index < -0.39 is 0 Å². The molecule has 2 aromatic rings. The van der Waals surface area contributed by atoms with Gasteiger partial charge in [0.25, 0.3) is 0 Å². The number of hydrogen-bond donors (Lipinski definition) is 3. The molecule has 3 N–H and O–H groups in total. The van der Waals surface area contributed by atoms with E-state index in [1.807, 2.05) is 24.3 Å². The Morgan fingerprint density at radius 2 is 1.56 bits per heavy atom. The number of methoxy groups -OCH3 is 2. The predicted molar refractivity (Wildman–Crippen MR) is 110 cm³/mol. The summed E-state index contributed by atoms with van der Waals surface area (Å²) < 4.78 is 10.3. The van der Waals surface area contributed by atoms with Crippen LogP contribution in [0.15, 0.2) is 47.5 Å². The Morgan fingerprint density at radius 3 is 2.16 bits per heavy atom. The van der Waals surface area contributed by atoms with Crippen LogP contribution in [0.5, 0.6) is 17.2 Å². The maximum Gasteiger partial charge on any atom is 0.191 e. The highest BCUT2D eigenvalue weighted by Gasteiger charge is 2.05. The summed E-state index contributed by atoms with van der Waals surface area (Å²) in [6.07, 6.45) is 0. The molecular formula is C18H24IN3O3. The maximum atomic E-state index is 9.91. The van der Waals surface area contributed by atoms with Gasteiger partial charge in [0.2, 0.25) is 0 Å². The largest absolute Gasteiger partial charge is 0.508 e. The van der Waals surface area contributed by atoms with Crippen molar-refractivity contribution in [3.63, 3.8) is 0 Å². The van der Waals surface area contributed by atoms with E-state index in [2.05, 4.69) is 15.6 Å². The number of nitrogens with zero attached hydrogens (tertiary/aromatic N) is 1. The number of aliphatic imine (C=N–C) groups is 1. The number of phenols is 1. The molecule has 2 aromatic carbocycles. The first-order valence-corrected chi connectivity index (χ1v) is 7.59. The summed E-state index contributed by atoms with van der Waals surface area (Å²) in [5.74, 6) is 2.39. The Balaban J connectivity index is 0.00000312. The van der Waals surface area contributed by atoms with Gasteiger partial charge in [0.05, 0.1) is 14.2 Å². The second-order valence-corrected chi connectivity index (χ2v) is 5.12. The van der Waals surface area contributed by atoms with Gasteiger partial charge in [0.15, 0.2) is 5.96 Å². The lowest BCUT2D eigenvalue weighted by Gasteiger charge is -2.13. The minimum absolute atomic E-state index is 0. The first-order chi connectivity index (χ1) is 11.7. The summed E-state index contributed by atoms with van der Waals surface area (Å²) >= 11 is 0. The van der Waals surface area contributed by atoms with Crippen molar-refractivity contribution in [3.8, 4) is 17.2 Å². The van der Waals surface area contributed by atoms with E-state index in [0.29, 0.717) is 24.8 Å². The zero-order chi connectivity index (χ0) is 17.4. The molecule has 0 aliphatic heterocycles. The number of guanidine groups is 1. The lowest BCUT2D eigenvalue weighted by Crippen LogP contribution is -2.36. The van der Waals surface area contributed by atoms with Crippen LogP contribution in [0.2, 0.25) is 0 Å². The van der Waals surface area contributed by atoms with E-state index in [0.717, 1.165) is 16.9 Å². The van der Waals surface area contributed by atoms with Gasteiger partial charge in [-0.2, -0.15) is 0 Å². The molecule has 2 rings (SSSR count). The second-order valence-electron chi connectivity index (χ2n) is 5.12. The quantitative estimate of drug-likeness (QED) is 0.354. The Morgan fingerprint density at radius 1 is 0.960 bits per heavy atom. The summed E-state index contributed by atoms with van der Waals surface area (Å²) in [5.41, 5.74) is 1.85. The van der Waals surface area contributed by atoms with Gasteiger partial charge < -0.3 is 25.2 Å². The number of rotatable bonds is 6. The number of ether oxygens (including phenoxy) is 2. The molecule has 136 valence electrons. The predicted octanol–water partition coefficient (Wildman–Crippen LogP) is 2.89. The molecule has 0 saturated carbocycles. The minimum atomic E-state index is 0. The fourth-order valence-electron chi connectivity index (χ4n) is 2.16. The normalized spacial score (nSPS) is 10.6. The number of halogens is 1. The minimum Gasteiger partial charge on any atom is -0.508 e. The van der Waals surface area contributed by atoms with Crippen LogP contribution in [0.25, 0.3) is 0 Å². The summed E-state index contributed by atoms with van der Waals surface area (Å²) in [6, 6.07) is 12.9. The molecule has 0 spiro atoms. The Hall–Kier alpha value is -2.16. The van der Waals surface area contributed by atoms with Gasteiger partial charge in [-0.05, 0) is 35.9 Å². The van der Waals surface area contributed by atoms with E-state index in [1.54, 1.807) is 39.5 Å². The highest BCUT2D eigenvalue weighted by atomic mass is 127. The summed E-state index contributed by atoms with van der Waals surface area (Å²) in [7, 11) is 4.95. The van der Waals surface area contributed by atoms with Crippen LogP contribution in [0.3, 0.4) is 0 Å². The molecule has 0 aromatic heterocycles. The molecule has 25 heavy (non-hydrogen) atoms. The van der Waals surface area contributed by atoms with Crippen molar-refractivity contribution in [2.45, 2.75) is 13.1 Å². The molecule has 0 atom stereocenters. The summed E-state index contributed by atoms with van der Waals surface area (Å²) in [6.45, 7) is 1.07. The first-order valence-electron chi connectivity index (χ1n) is 7.59. The molecule has 0 amide bonds. The van der Waals surface area contributed by atoms with Crippen molar-refractivity contribution in [2.24, 2.45) is 4.99 Å². The van der Waals surface area contributed by atoms with Crippen molar-refractivity contribution in [1.82, 2.24) is 10.6 Å². The van der Waals surface area contributed by atoms with Crippen LogP contribution in [-0.2, 0) is 13.1 Å². The Labute approximate surface area is 165 Å². The average molecular weight is 457 g/mol. The van der Waals surface area contributed by atoms with Crippen LogP contribution in [0.1, 0.15) is 11.1 Å². The summed E-state index contributed by atoms with van der Waals surface area (Å²) in [4.78, 5) is 4.18. The zero-order valence-electron chi connectivity index (χ0n) is 14.6. The van der Waals surface area contributed by atoms with Crippen LogP contribution >= 0.6 is 24.0 Å². The number of benzene rings is 2. The standard InChI is InChI=1S/C18H23N3O3.HI/c1-19-18(20-11-13-4-6-15(23-2)7-5-13)21-12-14-10-16(24-3)8-9-17(14)22;/h4-10,22H,11-12H2,1-3H3,(H2,19,20,21);1H. The smallest absolute Gasteiger partial charge is 0.191 e. The maximum absolute atomic E-state index is 9.91. The molecule has 0 heterocycles. The van der Waals surface area contributed by atoms with E-state index in [9.17, 15) is 5.11 Å². The lowest BCUT2D eigenvalue weighted by molar-refractivity contribution is 0.410. The van der Waals surface area contributed by atoms with Crippen LogP contribution in [0, 0.1) is 0 Å². The third kappa shape index (κ3) is 6.33. The molecule has 0 unspecified atom stereocenters. The lowest BCUT2D eigenvalue weighted by atomic mass is 10.2. The monoisotopic (exact) mass is 457 g/mol. The van der Waals surface area contributed by atoms with E-state index in [-0.39, 0.29) is 29.7 Å². The van der Waals surface area contributed by atoms with E-state index >= 15 is 0 Å². The van der Waals surface area contributed by atoms with E-state index in [1.165, 1.54) is 0 Å². The highest BCUT2D eigenvalue weighted by molar-refractivity contribution is 14.0. The fourth-order valence-corrected chi connectivity index (χ4v) is 2.16. The molecule has 0 bridgehead atoms. The molecule has 7 heteroatoms. The molecule has 0 fully saturated rings. The average Bonchev–Trinajstić information content (AvgIpc) is 2.63. The van der Waals surface area contributed by atoms with Gasteiger partial charge in [-0.25, -0.2) is 0 Å². The molecule has 0 aliphatic carbocycles. The van der Waals surface area contributed by atoms with Crippen LogP contribution < -0.4 is 20.1 Å². The fraction of sp³-hybridized carbons (Fsp3) is 0.278. The zero-order valence-corrected chi connectivity index (χ0v) is 16.9. The van der Waals surface area contributed by atoms with Crippen molar-refractivity contribution < 1.29 is 14.6 Å². The third-order valence-corrected chi connectivity index (χ3v) is 3.58. The molecule has 6 nitrogen and oxygen atoms in total. The van der Waals surface area contributed by atoms with Crippen molar-refractivity contribution in [3.05, 3.63) is 53.6 Å². The van der Waals surface area contributed by atoms with E-state index in [4.69, 9.17) is 9.47 Å². The van der Waals surface area contributed by atoms with Gasteiger partial charge in [-0.1, -0.05) is 12.1 Å². The number of aromatic hydroxyl groups is 1. The van der Waals surface area contributed by atoms with Crippen LogP contribution in [-0.4, -0.2) is 32.3 Å². The molecular weight excluding hydrogens is 433 g/mol. The molecule has 0 aliphatic rings. The Kier molecular flexibility index (Phi) is 8.90. The summed E-state index contributed by atoms with van der Waals surface area (Å²) in [5, 5.41) is 16.3. The van der Waals surface area contributed by atoms with Crippen LogP contribution in [0.4, 0.5) is 0 Å². The van der Waals surface area contributed by atoms with Crippen molar-refractivity contribution >= 4 is 29.9 Å². The first kappa shape index (κ1) is 20.9. The van der Waals surface area contributed by atoms with Crippen molar-refractivity contribution in [1.29, 1.82) is 0 Å². The number of nitrogens with one attached hydrogen (secondary N) is 2. The van der Waals surface area contributed by atoms with Gasteiger partial charge in [-0.3, -0.25) is 4.99 Å². The highest BCUT2D eigenvalue weighted by Crippen LogP contribution is 2.22. The van der Waals surface area contributed by atoms with Crippen molar-refractivity contribution in [2.75, 3.05) is 21.3 Å².